The van der Waals surface area contributed by atoms with E-state index in [1.807, 2.05) is 19.1 Å². The molecule has 2 aromatic carbocycles. The fourth-order valence-electron chi connectivity index (χ4n) is 3.10. The van der Waals surface area contributed by atoms with Gasteiger partial charge in [0.1, 0.15) is 0 Å². The predicted molar refractivity (Wildman–Crippen MR) is 117 cm³/mol. The zero-order chi connectivity index (χ0) is 19.6. The van der Waals surface area contributed by atoms with E-state index < -0.39 is 8.07 Å². The molecule has 0 fully saturated rings. The molecule has 0 saturated carbocycles. The van der Waals surface area contributed by atoms with Gasteiger partial charge in [0.05, 0.1) is 0 Å². The van der Waals surface area contributed by atoms with Gasteiger partial charge in [-0.1, -0.05) is 0 Å². The molecule has 0 amide bonds. The van der Waals surface area contributed by atoms with Crippen LogP contribution in [0.25, 0.3) is 10.9 Å². The Balaban J connectivity index is 2.35. The number of aryl methyl sites for hydroxylation is 1. The van der Waals surface area contributed by atoms with Crippen LogP contribution in [-0.2, 0) is 4.74 Å². The Labute approximate surface area is 168 Å². The molecule has 0 aliphatic heterocycles. The first-order chi connectivity index (χ1) is 12.8. The van der Waals surface area contributed by atoms with Crippen molar-refractivity contribution in [3.63, 3.8) is 0 Å². The standard InChI is InChI=1S/C22H25NO2SeSi/c1-6-25-22(24)19-21(27(3,4)5)20(26-16-10-8-7-9-11-16)17-14-15(2)12-13-18(17)23-19/h7-14H,6H2,1-5H3. The minimum absolute atomic E-state index is 0.0904. The molecular formula is C22H25NO2SeSi. The average molecular weight is 442 g/mol. The second-order valence-electron chi connectivity index (χ2n) is 7.57. The van der Waals surface area contributed by atoms with Gasteiger partial charge in [-0.25, -0.2) is 0 Å². The van der Waals surface area contributed by atoms with Crippen molar-refractivity contribution in [1.29, 1.82) is 0 Å². The first kappa shape index (κ1) is 19.8. The molecule has 0 unspecified atom stereocenters. The Bertz CT molecular complexity index is 981. The summed E-state index contributed by atoms with van der Waals surface area (Å²) < 4.78 is 7.95. The summed E-state index contributed by atoms with van der Waals surface area (Å²) in [6.45, 7) is 11.1. The number of hydrogen-bond donors (Lipinski definition) is 0. The average Bonchev–Trinajstić information content (AvgIpc) is 2.61. The third-order valence-electron chi connectivity index (χ3n) is 4.27. The maximum atomic E-state index is 12.8. The molecule has 5 heteroatoms. The van der Waals surface area contributed by atoms with E-state index in [4.69, 9.17) is 9.72 Å². The first-order valence-electron chi connectivity index (χ1n) is 9.16. The molecule has 3 aromatic rings. The van der Waals surface area contributed by atoms with E-state index in [0.29, 0.717) is 12.3 Å². The van der Waals surface area contributed by atoms with Gasteiger partial charge < -0.3 is 0 Å². The van der Waals surface area contributed by atoms with Crippen molar-refractivity contribution in [2.75, 3.05) is 6.61 Å². The number of benzene rings is 2. The summed E-state index contributed by atoms with van der Waals surface area (Å²) in [6.07, 6.45) is 0. The topological polar surface area (TPSA) is 39.2 Å². The van der Waals surface area contributed by atoms with E-state index in [2.05, 4.69) is 63.0 Å². The second-order valence-corrected chi connectivity index (χ2v) is 14.8. The van der Waals surface area contributed by atoms with Crippen LogP contribution in [0.3, 0.4) is 0 Å². The Morgan fingerprint density at radius 2 is 1.81 bits per heavy atom. The van der Waals surface area contributed by atoms with E-state index in [-0.39, 0.29) is 20.9 Å². The third kappa shape index (κ3) is 4.32. The molecule has 3 nitrogen and oxygen atoms in total. The van der Waals surface area contributed by atoms with Crippen LogP contribution < -0.4 is 14.1 Å². The predicted octanol–water partition coefficient (Wildman–Crippen LogP) is 2.92. The van der Waals surface area contributed by atoms with Crippen LogP contribution in [0.2, 0.25) is 19.6 Å². The van der Waals surface area contributed by atoms with Gasteiger partial charge in [-0.3, -0.25) is 0 Å². The van der Waals surface area contributed by atoms with E-state index in [1.165, 1.54) is 19.9 Å². The molecule has 0 saturated heterocycles. The van der Waals surface area contributed by atoms with Crippen LogP contribution in [0.4, 0.5) is 0 Å². The summed E-state index contributed by atoms with van der Waals surface area (Å²) in [6, 6.07) is 16.8. The van der Waals surface area contributed by atoms with Gasteiger partial charge in [0.15, 0.2) is 0 Å². The number of fused-ring (bicyclic) bond motifs is 1. The Morgan fingerprint density at radius 1 is 1.11 bits per heavy atom. The number of pyridine rings is 1. The quantitative estimate of drug-likeness (QED) is 0.451. The minimum atomic E-state index is -1.85. The number of carbonyl (C=O) groups excluding carboxylic acids is 1. The number of ether oxygens (including phenoxy) is 1. The van der Waals surface area contributed by atoms with Crippen molar-refractivity contribution in [3.05, 3.63) is 59.8 Å². The number of carbonyl (C=O) groups is 1. The summed E-state index contributed by atoms with van der Waals surface area (Å²) in [7, 11) is -1.85. The van der Waals surface area contributed by atoms with Gasteiger partial charge in [0.25, 0.3) is 0 Å². The number of nitrogens with zero attached hydrogens (tertiary/aromatic N) is 1. The van der Waals surface area contributed by atoms with Crippen molar-refractivity contribution >= 4 is 54.0 Å². The van der Waals surface area contributed by atoms with Crippen LogP contribution in [0.15, 0.2) is 48.5 Å². The van der Waals surface area contributed by atoms with Crippen molar-refractivity contribution in [2.45, 2.75) is 33.5 Å². The van der Waals surface area contributed by atoms with E-state index in [9.17, 15) is 4.79 Å². The monoisotopic (exact) mass is 443 g/mol. The number of aromatic nitrogens is 1. The first-order valence-corrected chi connectivity index (χ1v) is 14.4. The van der Waals surface area contributed by atoms with Gasteiger partial charge in [-0.15, -0.1) is 0 Å². The molecule has 0 bridgehead atoms. The number of esters is 1. The van der Waals surface area contributed by atoms with Crippen LogP contribution in [0.5, 0.6) is 0 Å². The van der Waals surface area contributed by atoms with Crippen LogP contribution in [-0.4, -0.2) is 40.6 Å². The molecule has 140 valence electrons. The molecule has 0 N–H and O–H groups in total. The molecule has 0 spiro atoms. The van der Waals surface area contributed by atoms with Gasteiger partial charge in [-0.2, -0.15) is 0 Å². The Morgan fingerprint density at radius 3 is 2.44 bits per heavy atom. The SMILES string of the molecule is CCOC(=O)c1nc2ccc(C)cc2c([Se]c2ccccc2)c1[Si](C)(C)C. The summed E-state index contributed by atoms with van der Waals surface area (Å²) >= 11 is 0.0904. The maximum absolute atomic E-state index is 12.8. The fraction of sp³-hybridized carbons (Fsp3) is 0.273. The molecular weight excluding hydrogens is 417 g/mol. The number of rotatable bonds is 5. The van der Waals surface area contributed by atoms with Gasteiger partial charge in [0, 0.05) is 0 Å². The van der Waals surface area contributed by atoms with Crippen molar-refractivity contribution in [2.24, 2.45) is 0 Å². The fourth-order valence-corrected chi connectivity index (χ4v) is 9.08. The van der Waals surface area contributed by atoms with Crippen LogP contribution in [0.1, 0.15) is 23.0 Å². The molecule has 27 heavy (non-hydrogen) atoms. The van der Waals surface area contributed by atoms with E-state index in [0.717, 1.165) is 10.7 Å². The van der Waals surface area contributed by atoms with E-state index >= 15 is 0 Å². The zero-order valence-electron chi connectivity index (χ0n) is 16.5. The molecule has 3 rings (SSSR count). The molecule has 0 aliphatic rings. The molecule has 1 heterocycles. The normalized spacial score (nSPS) is 11.6. The van der Waals surface area contributed by atoms with Crippen LogP contribution in [0, 0.1) is 6.92 Å². The van der Waals surface area contributed by atoms with Gasteiger partial charge >= 0.3 is 168 Å². The molecule has 1 aromatic heterocycles. The zero-order valence-corrected chi connectivity index (χ0v) is 19.2. The summed E-state index contributed by atoms with van der Waals surface area (Å²) in [5.41, 5.74) is 2.60. The van der Waals surface area contributed by atoms with Crippen LogP contribution >= 0.6 is 0 Å². The molecule has 0 radical (unpaired) electrons. The summed E-state index contributed by atoms with van der Waals surface area (Å²) in [5, 5.41) is 2.31. The van der Waals surface area contributed by atoms with Crippen molar-refractivity contribution in [1.82, 2.24) is 4.98 Å². The number of hydrogen-bond acceptors (Lipinski definition) is 3. The second kappa shape index (κ2) is 7.97. The van der Waals surface area contributed by atoms with E-state index in [1.54, 1.807) is 0 Å². The Hall–Kier alpha value is -1.94. The van der Waals surface area contributed by atoms with Gasteiger partial charge in [-0.05, 0) is 0 Å². The summed E-state index contributed by atoms with van der Waals surface area (Å²) in [4.78, 5) is 17.5. The molecule has 0 atom stereocenters. The van der Waals surface area contributed by atoms with Gasteiger partial charge in [0.2, 0.25) is 0 Å². The summed E-state index contributed by atoms with van der Waals surface area (Å²) in [5.74, 6) is -0.303. The third-order valence-corrected chi connectivity index (χ3v) is 9.05. The Kier molecular flexibility index (Phi) is 5.85. The van der Waals surface area contributed by atoms with Crippen molar-refractivity contribution in [3.8, 4) is 0 Å². The van der Waals surface area contributed by atoms with Crippen molar-refractivity contribution < 1.29 is 9.53 Å². The molecule has 0 aliphatic carbocycles.